The molecule has 0 fully saturated rings. The van der Waals surface area contributed by atoms with E-state index in [-0.39, 0.29) is 5.91 Å². The molecule has 1 aromatic heterocycles. The molecule has 3 aromatic rings. The van der Waals surface area contributed by atoms with Gasteiger partial charge in [-0.25, -0.2) is 4.98 Å². The van der Waals surface area contributed by atoms with Crippen molar-refractivity contribution in [3.8, 4) is 5.75 Å². The maximum Gasteiger partial charge on any atom is 0.236 e. The molecule has 118 valence electrons. The zero-order chi connectivity index (χ0) is 16.1. The molecule has 23 heavy (non-hydrogen) atoms. The van der Waals surface area contributed by atoms with E-state index in [0.29, 0.717) is 17.5 Å². The van der Waals surface area contributed by atoms with Crippen LogP contribution in [0.25, 0.3) is 10.2 Å². The van der Waals surface area contributed by atoms with Gasteiger partial charge in [0.1, 0.15) is 11.3 Å². The Morgan fingerprint density at radius 1 is 1.22 bits per heavy atom. The minimum Gasteiger partial charge on any atom is -0.492 e. The summed E-state index contributed by atoms with van der Waals surface area (Å²) in [4.78, 5) is 17.6. The van der Waals surface area contributed by atoms with Gasteiger partial charge < -0.3 is 10.1 Å². The third-order valence-corrected chi connectivity index (χ3v) is 4.99. The predicted molar refractivity (Wildman–Crippen MR) is 96.6 cm³/mol. The van der Waals surface area contributed by atoms with Gasteiger partial charge >= 0.3 is 0 Å². The van der Waals surface area contributed by atoms with E-state index < -0.39 is 0 Å². The van der Waals surface area contributed by atoms with Crippen LogP contribution < -0.4 is 10.1 Å². The van der Waals surface area contributed by atoms with Gasteiger partial charge in [-0.3, -0.25) is 4.79 Å². The van der Waals surface area contributed by atoms with Gasteiger partial charge in [-0.1, -0.05) is 35.6 Å². The quantitative estimate of drug-likeness (QED) is 0.672. The SMILES string of the molecule is CCOc1cccc2sc(NC(=O)CSc3ccccc3)nc12. The fourth-order valence-corrected chi connectivity index (χ4v) is 3.69. The summed E-state index contributed by atoms with van der Waals surface area (Å²) >= 11 is 2.96. The van der Waals surface area contributed by atoms with Crippen LogP contribution in [-0.2, 0) is 4.79 Å². The molecule has 0 aliphatic carbocycles. The van der Waals surface area contributed by atoms with Gasteiger partial charge in [0.05, 0.1) is 17.1 Å². The third kappa shape index (κ3) is 4.03. The topological polar surface area (TPSA) is 51.2 Å². The normalized spacial score (nSPS) is 10.7. The Hall–Kier alpha value is -2.05. The molecule has 0 unspecified atom stereocenters. The number of para-hydroxylation sites is 1. The Morgan fingerprint density at radius 2 is 2.04 bits per heavy atom. The highest BCUT2D eigenvalue weighted by molar-refractivity contribution is 8.00. The molecule has 0 atom stereocenters. The minimum absolute atomic E-state index is 0.0594. The lowest BCUT2D eigenvalue weighted by atomic mass is 10.3. The second-order valence-corrected chi connectivity index (χ2v) is 6.78. The number of nitrogens with one attached hydrogen (secondary N) is 1. The largest absolute Gasteiger partial charge is 0.492 e. The summed E-state index contributed by atoms with van der Waals surface area (Å²) < 4.78 is 6.57. The minimum atomic E-state index is -0.0594. The van der Waals surface area contributed by atoms with Gasteiger partial charge in [0.15, 0.2) is 5.13 Å². The fraction of sp³-hybridized carbons (Fsp3) is 0.176. The third-order valence-electron chi connectivity index (χ3n) is 3.04. The van der Waals surface area contributed by atoms with E-state index in [1.54, 1.807) is 0 Å². The fourth-order valence-electron chi connectivity index (χ4n) is 2.07. The number of thioether (sulfide) groups is 1. The van der Waals surface area contributed by atoms with Crippen molar-refractivity contribution in [2.75, 3.05) is 17.7 Å². The number of hydrogen-bond acceptors (Lipinski definition) is 5. The summed E-state index contributed by atoms with van der Waals surface area (Å²) in [7, 11) is 0. The van der Waals surface area contributed by atoms with Crippen molar-refractivity contribution in [3.05, 3.63) is 48.5 Å². The Morgan fingerprint density at radius 3 is 2.83 bits per heavy atom. The number of rotatable bonds is 6. The van der Waals surface area contributed by atoms with Crippen LogP contribution in [0.4, 0.5) is 5.13 Å². The van der Waals surface area contributed by atoms with Gasteiger partial charge in [0.2, 0.25) is 5.91 Å². The second kappa shape index (κ2) is 7.48. The molecule has 0 aliphatic heterocycles. The van der Waals surface area contributed by atoms with Crippen molar-refractivity contribution in [3.63, 3.8) is 0 Å². The van der Waals surface area contributed by atoms with Crippen molar-refractivity contribution in [2.24, 2.45) is 0 Å². The zero-order valence-electron chi connectivity index (χ0n) is 12.6. The first-order chi connectivity index (χ1) is 11.3. The smallest absolute Gasteiger partial charge is 0.236 e. The average molecular weight is 344 g/mol. The number of thiazole rings is 1. The first kappa shape index (κ1) is 15.8. The molecule has 1 heterocycles. The number of fused-ring (bicyclic) bond motifs is 1. The van der Waals surface area contributed by atoms with Gasteiger partial charge in [0.25, 0.3) is 0 Å². The molecule has 1 amide bonds. The Kier molecular flexibility index (Phi) is 5.15. The number of carbonyl (C=O) groups is 1. The number of ether oxygens (including phenoxy) is 1. The Balaban J connectivity index is 1.66. The zero-order valence-corrected chi connectivity index (χ0v) is 14.2. The second-order valence-electron chi connectivity index (χ2n) is 4.70. The van der Waals surface area contributed by atoms with E-state index in [4.69, 9.17) is 4.74 Å². The number of hydrogen-bond donors (Lipinski definition) is 1. The summed E-state index contributed by atoms with van der Waals surface area (Å²) in [5.41, 5.74) is 0.797. The van der Waals surface area contributed by atoms with Crippen molar-refractivity contribution in [2.45, 2.75) is 11.8 Å². The molecule has 0 radical (unpaired) electrons. The maximum absolute atomic E-state index is 12.1. The molecule has 6 heteroatoms. The van der Waals surface area contributed by atoms with E-state index in [0.717, 1.165) is 20.9 Å². The van der Waals surface area contributed by atoms with Gasteiger partial charge in [-0.2, -0.15) is 0 Å². The Bertz CT molecular complexity index is 803. The number of carbonyl (C=O) groups excluding carboxylic acids is 1. The molecule has 4 nitrogen and oxygen atoms in total. The van der Waals surface area contributed by atoms with Crippen molar-refractivity contribution < 1.29 is 9.53 Å². The molecule has 2 aromatic carbocycles. The summed E-state index contributed by atoms with van der Waals surface area (Å²) in [6, 6.07) is 15.7. The van der Waals surface area contributed by atoms with Crippen LogP contribution in [0, 0.1) is 0 Å². The van der Waals surface area contributed by atoms with Crippen LogP contribution in [0.2, 0.25) is 0 Å². The van der Waals surface area contributed by atoms with Crippen molar-refractivity contribution >= 4 is 44.4 Å². The van der Waals surface area contributed by atoms with Crippen molar-refractivity contribution in [1.29, 1.82) is 0 Å². The first-order valence-corrected chi connectivity index (χ1v) is 9.06. The lowest BCUT2D eigenvalue weighted by Gasteiger charge is -2.02. The van der Waals surface area contributed by atoms with E-state index in [2.05, 4.69) is 10.3 Å². The standard InChI is InChI=1S/C17H16N2O2S2/c1-2-21-13-9-6-10-14-16(13)19-17(23-14)18-15(20)11-22-12-7-4-3-5-8-12/h3-10H,2,11H2,1H3,(H,18,19,20). The summed E-state index contributed by atoms with van der Waals surface area (Å²) in [5.74, 6) is 1.05. The maximum atomic E-state index is 12.1. The molecular weight excluding hydrogens is 328 g/mol. The van der Waals surface area contributed by atoms with Gasteiger partial charge in [-0.05, 0) is 31.2 Å². The number of anilines is 1. The van der Waals surface area contributed by atoms with E-state index in [1.807, 2.05) is 55.5 Å². The van der Waals surface area contributed by atoms with Gasteiger partial charge in [-0.15, -0.1) is 11.8 Å². The number of aromatic nitrogens is 1. The molecule has 0 bridgehead atoms. The molecular formula is C17H16N2O2S2. The number of amides is 1. The molecule has 1 N–H and O–H groups in total. The van der Waals surface area contributed by atoms with E-state index >= 15 is 0 Å². The predicted octanol–water partition coefficient (Wildman–Crippen LogP) is 4.43. The summed E-state index contributed by atoms with van der Waals surface area (Å²) in [6.45, 7) is 2.53. The summed E-state index contributed by atoms with van der Waals surface area (Å²) in [5, 5.41) is 3.47. The van der Waals surface area contributed by atoms with Gasteiger partial charge in [0, 0.05) is 4.90 Å². The Labute approximate surface area is 142 Å². The highest BCUT2D eigenvalue weighted by Crippen LogP contribution is 2.32. The van der Waals surface area contributed by atoms with Crippen LogP contribution in [0.5, 0.6) is 5.75 Å². The van der Waals surface area contributed by atoms with Crippen LogP contribution in [0.15, 0.2) is 53.4 Å². The van der Waals surface area contributed by atoms with Crippen molar-refractivity contribution in [1.82, 2.24) is 4.98 Å². The van der Waals surface area contributed by atoms with Crippen LogP contribution in [0.3, 0.4) is 0 Å². The highest BCUT2D eigenvalue weighted by atomic mass is 32.2. The molecule has 3 rings (SSSR count). The molecule has 0 saturated heterocycles. The lowest BCUT2D eigenvalue weighted by molar-refractivity contribution is -0.113. The van der Waals surface area contributed by atoms with E-state index in [9.17, 15) is 4.79 Å². The molecule has 0 saturated carbocycles. The average Bonchev–Trinajstić information content (AvgIpc) is 2.97. The van der Waals surface area contributed by atoms with E-state index in [1.165, 1.54) is 23.1 Å². The molecule has 0 aliphatic rings. The summed E-state index contributed by atoms with van der Waals surface area (Å²) in [6.07, 6.45) is 0. The lowest BCUT2D eigenvalue weighted by Crippen LogP contribution is -2.13. The first-order valence-electron chi connectivity index (χ1n) is 7.26. The van der Waals surface area contributed by atoms with Crippen LogP contribution in [-0.4, -0.2) is 23.3 Å². The van der Waals surface area contributed by atoms with Crippen LogP contribution >= 0.6 is 23.1 Å². The number of nitrogens with zero attached hydrogens (tertiary/aromatic N) is 1. The molecule has 0 spiro atoms. The number of benzene rings is 2. The van der Waals surface area contributed by atoms with Crippen LogP contribution in [0.1, 0.15) is 6.92 Å². The monoisotopic (exact) mass is 344 g/mol. The highest BCUT2D eigenvalue weighted by Gasteiger charge is 2.11.